The van der Waals surface area contributed by atoms with Crippen LogP contribution in [0.5, 0.6) is 5.88 Å². The number of aromatic hydroxyl groups is 1. The Morgan fingerprint density at radius 1 is 1.12 bits per heavy atom. The largest absolute Gasteiger partial charge is 0.493 e. The quantitative estimate of drug-likeness (QED) is 0.485. The number of benzene rings is 2. The maximum atomic E-state index is 12.2. The van der Waals surface area contributed by atoms with Gasteiger partial charge in [-0.2, -0.15) is 5.10 Å². The molecule has 0 amide bonds. The number of rotatable bonds is 4. The van der Waals surface area contributed by atoms with Crippen molar-refractivity contribution in [2.45, 2.75) is 6.92 Å². The van der Waals surface area contributed by atoms with Crippen LogP contribution in [0.3, 0.4) is 0 Å². The van der Waals surface area contributed by atoms with Gasteiger partial charge >= 0.3 is 5.69 Å². The van der Waals surface area contributed by atoms with Crippen LogP contribution in [0.25, 0.3) is 5.69 Å². The van der Waals surface area contributed by atoms with Crippen LogP contribution in [0.2, 0.25) is 5.02 Å². The highest BCUT2D eigenvalue weighted by Crippen LogP contribution is 2.19. The van der Waals surface area contributed by atoms with E-state index in [1.54, 1.807) is 43.3 Å². The van der Waals surface area contributed by atoms with E-state index in [0.717, 1.165) is 4.57 Å². The van der Waals surface area contributed by atoms with E-state index in [4.69, 9.17) is 11.6 Å². The molecule has 0 fully saturated rings. The summed E-state index contributed by atoms with van der Waals surface area (Å²) in [5.74, 6) is -0.503. The zero-order valence-electron chi connectivity index (χ0n) is 13.7. The number of hydrogen-bond donors (Lipinski definition) is 3. The number of para-hydroxylation sites is 1. The molecule has 1 aromatic heterocycles. The summed E-state index contributed by atoms with van der Waals surface area (Å²) in [4.78, 5) is 26.5. The Morgan fingerprint density at radius 2 is 1.77 bits per heavy atom. The molecule has 0 aliphatic rings. The van der Waals surface area contributed by atoms with E-state index >= 15 is 0 Å². The zero-order valence-corrected chi connectivity index (χ0v) is 14.5. The molecular formula is C18H15ClN4O3. The monoisotopic (exact) mass is 370 g/mol. The molecule has 0 unspecified atom stereocenters. The molecule has 3 N–H and O–H groups in total. The minimum absolute atomic E-state index is 0.108. The van der Waals surface area contributed by atoms with Gasteiger partial charge in [-0.25, -0.2) is 9.36 Å². The van der Waals surface area contributed by atoms with Crippen molar-refractivity contribution < 1.29 is 5.11 Å². The van der Waals surface area contributed by atoms with Crippen LogP contribution < -0.4 is 16.7 Å². The number of H-pyrrole nitrogens is 1. The number of aromatic amines is 1. The number of hydrazone groups is 1. The van der Waals surface area contributed by atoms with Crippen LogP contribution in [0.4, 0.5) is 5.69 Å². The zero-order chi connectivity index (χ0) is 18.7. The summed E-state index contributed by atoms with van der Waals surface area (Å²) >= 11 is 5.85. The normalized spacial score (nSPS) is 11.4. The average molecular weight is 371 g/mol. The van der Waals surface area contributed by atoms with Crippen molar-refractivity contribution in [1.82, 2.24) is 9.55 Å². The lowest BCUT2D eigenvalue weighted by atomic mass is 10.2. The van der Waals surface area contributed by atoms with Crippen LogP contribution in [0.1, 0.15) is 12.5 Å². The van der Waals surface area contributed by atoms with Crippen LogP contribution in [0, 0.1) is 0 Å². The highest BCUT2D eigenvalue weighted by molar-refractivity contribution is 6.30. The van der Waals surface area contributed by atoms with Gasteiger partial charge in [-0.1, -0.05) is 29.8 Å². The Bertz CT molecular complexity index is 1070. The van der Waals surface area contributed by atoms with Gasteiger partial charge in [-0.3, -0.25) is 15.2 Å². The van der Waals surface area contributed by atoms with Gasteiger partial charge in [0.15, 0.2) is 0 Å². The molecule has 26 heavy (non-hydrogen) atoms. The highest BCUT2D eigenvalue weighted by atomic mass is 35.5. The van der Waals surface area contributed by atoms with E-state index in [9.17, 15) is 14.7 Å². The third-order valence-corrected chi connectivity index (χ3v) is 3.91. The molecule has 8 heteroatoms. The molecule has 132 valence electrons. The molecule has 0 saturated heterocycles. The molecular weight excluding hydrogens is 356 g/mol. The Kier molecular flexibility index (Phi) is 4.90. The van der Waals surface area contributed by atoms with Crippen LogP contribution >= 0.6 is 11.6 Å². The van der Waals surface area contributed by atoms with Crippen molar-refractivity contribution in [1.29, 1.82) is 0 Å². The lowest BCUT2D eigenvalue weighted by molar-refractivity contribution is 0.429. The number of halogens is 1. The summed E-state index contributed by atoms with van der Waals surface area (Å²) in [5, 5.41) is 15.1. The molecule has 0 saturated carbocycles. The number of nitrogens with zero attached hydrogens (tertiary/aromatic N) is 2. The second kappa shape index (κ2) is 7.28. The molecule has 0 aliphatic carbocycles. The Morgan fingerprint density at radius 3 is 2.42 bits per heavy atom. The lowest BCUT2D eigenvalue weighted by Gasteiger charge is -2.11. The van der Waals surface area contributed by atoms with Gasteiger partial charge in [-0.15, -0.1) is 0 Å². The fraction of sp³-hybridized carbons (Fsp3) is 0.0556. The smallest absolute Gasteiger partial charge is 0.335 e. The van der Waals surface area contributed by atoms with Gasteiger partial charge in [0.05, 0.1) is 17.1 Å². The van der Waals surface area contributed by atoms with Gasteiger partial charge < -0.3 is 5.11 Å². The summed E-state index contributed by atoms with van der Waals surface area (Å²) in [5.41, 5.74) is 2.49. The van der Waals surface area contributed by atoms with Crippen molar-refractivity contribution in [2.24, 2.45) is 5.10 Å². The van der Waals surface area contributed by atoms with Gasteiger partial charge in [-0.05, 0) is 43.3 Å². The fourth-order valence-corrected chi connectivity index (χ4v) is 2.52. The number of nitrogens with one attached hydrogen (secondary N) is 2. The summed E-state index contributed by atoms with van der Waals surface area (Å²) in [7, 11) is 0. The lowest BCUT2D eigenvalue weighted by Crippen LogP contribution is -2.32. The van der Waals surface area contributed by atoms with E-state index in [2.05, 4.69) is 15.5 Å². The Labute approximate surface area is 153 Å². The number of anilines is 1. The number of hydrogen-bond acceptors (Lipinski definition) is 5. The van der Waals surface area contributed by atoms with Gasteiger partial charge in [0.2, 0.25) is 5.88 Å². The molecule has 0 aliphatic heterocycles. The molecule has 0 atom stereocenters. The first-order chi connectivity index (χ1) is 12.5. The second-order valence-corrected chi connectivity index (χ2v) is 5.88. The predicted molar refractivity (Wildman–Crippen MR) is 102 cm³/mol. The molecule has 0 radical (unpaired) electrons. The van der Waals surface area contributed by atoms with Crippen LogP contribution in [-0.2, 0) is 0 Å². The molecule has 0 bridgehead atoms. The van der Waals surface area contributed by atoms with Crippen LogP contribution in [0.15, 0.2) is 69.3 Å². The van der Waals surface area contributed by atoms with Crippen molar-refractivity contribution in [3.63, 3.8) is 0 Å². The Balaban J connectivity index is 2.07. The van der Waals surface area contributed by atoms with Gasteiger partial charge in [0.25, 0.3) is 5.56 Å². The van der Waals surface area contributed by atoms with E-state index in [-0.39, 0.29) is 11.3 Å². The van der Waals surface area contributed by atoms with Gasteiger partial charge in [0, 0.05) is 5.02 Å². The number of aromatic nitrogens is 2. The van der Waals surface area contributed by atoms with Crippen molar-refractivity contribution in [2.75, 3.05) is 5.43 Å². The first-order valence-electron chi connectivity index (χ1n) is 7.67. The second-order valence-electron chi connectivity index (χ2n) is 5.44. The minimum Gasteiger partial charge on any atom is -0.493 e. The third kappa shape index (κ3) is 3.52. The molecule has 0 spiro atoms. The minimum atomic E-state index is -0.762. The molecule has 3 aromatic rings. The summed E-state index contributed by atoms with van der Waals surface area (Å²) in [6, 6.07) is 15.4. The standard InChI is InChI=1S/C18H15ClN4O3/c1-11(21-22-13-5-3-2-4-6-13)15-16(24)20-18(26)23(17(15)25)14-9-7-12(19)8-10-14/h2-10,22,25H,1H3,(H,20,24,26). The van der Waals surface area contributed by atoms with E-state index in [1.165, 1.54) is 0 Å². The van der Waals surface area contributed by atoms with Gasteiger partial charge in [0.1, 0.15) is 5.56 Å². The highest BCUT2D eigenvalue weighted by Gasteiger charge is 2.18. The first-order valence-corrected chi connectivity index (χ1v) is 8.05. The van der Waals surface area contributed by atoms with E-state index in [1.807, 2.05) is 18.2 Å². The first kappa shape index (κ1) is 17.5. The Hall–Kier alpha value is -3.32. The molecule has 1 heterocycles. The average Bonchev–Trinajstić information content (AvgIpc) is 2.62. The molecule has 3 rings (SSSR count). The fourth-order valence-electron chi connectivity index (χ4n) is 2.40. The molecule has 2 aromatic carbocycles. The predicted octanol–water partition coefficient (Wildman–Crippen LogP) is 2.72. The van der Waals surface area contributed by atoms with Crippen LogP contribution in [-0.4, -0.2) is 20.4 Å². The summed E-state index contributed by atoms with van der Waals surface area (Å²) in [6.07, 6.45) is 0. The maximum absolute atomic E-state index is 12.2. The van der Waals surface area contributed by atoms with E-state index in [0.29, 0.717) is 16.4 Å². The van der Waals surface area contributed by atoms with Crippen molar-refractivity contribution in [3.8, 4) is 11.6 Å². The SMILES string of the molecule is CC(=NNc1ccccc1)c1c(O)n(-c2ccc(Cl)cc2)c(=O)[nH]c1=O. The summed E-state index contributed by atoms with van der Waals surface area (Å²) in [6.45, 7) is 1.55. The van der Waals surface area contributed by atoms with E-state index < -0.39 is 17.1 Å². The maximum Gasteiger partial charge on any atom is 0.335 e. The molecule has 7 nitrogen and oxygen atoms in total. The summed E-state index contributed by atoms with van der Waals surface area (Å²) < 4.78 is 0.981. The third-order valence-electron chi connectivity index (χ3n) is 3.66. The van der Waals surface area contributed by atoms with Crippen molar-refractivity contribution in [3.05, 3.63) is 86.0 Å². The van der Waals surface area contributed by atoms with Crippen molar-refractivity contribution >= 4 is 23.0 Å². The topological polar surface area (TPSA) is 99.5 Å².